The third-order valence-corrected chi connectivity index (χ3v) is 3.41. The minimum absolute atomic E-state index is 0.0550. The average molecular weight is 218 g/mol. The van der Waals surface area contributed by atoms with Gasteiger partial charge >= 0.3 is 5.97 Å². The Balaban J connectivity index is 2.01. The van der Waals surface area contributed by atoms with Crippen molar-refractivity contribution in [3.05, 3.63) is 0 Å². The Morgan fingerprint density at radius 3 is 2.86 bits per heavy atom. The van der Waals surface area contributed by atoms with E-state index in [1.807, 2.05) is 13.8 Å². The van der Waals surface area contributed by atoms with Crippen molar-refractivity contribution in [2.75, 3.05) is 5.75 Å². The topological polar surface area (TPSA) is 44.8 Å². The fourth-order valence-corrected chi connectivity index (χ4v) is 3.03. The molecule has 0 aromatic carbocycles. The summed E-state index contributed by atoms with van der Waals surface area (Å²) in [6.45, 7) is 5.16. The zero-order chi connectivity index (χ0) is 10.3. The summed E-state index contributed by atoms with van der Waals surface area (Å²) < 4.78 is 16.5. The number of rotatable bonds is 1. The molecule has 0 N–H and O–H groups in total. The number of hydrogen-bond acceptors (Lipinski definition) is 5. The van der Waals surface area contributed by atoms with Crippen LogP contribution in [-0.2, 0) is 19.0 Å². The quantitative estimate of drug-likeness (QED) is 0.618. The molecular weight excluding hydrogens is 204 g/mol. The van der Waals surface area contributed by atoms with E-state index in [1.54, 1.807) is 11.8 Å². The molecule has 2 heterocycles. The van der Waals surface area contributed by atoms with Crippen LogP contribution in [0.15, 0.2) is 0 Å². The van der Waals surface area contributed by atoms with Crippen LogP contribution < -0.4 is 0 Å². The molecule has 0 saturated carbocycles. The van der Waals surface area contributed by atoms with Crippen molar-refractivity contribution in [1.29, 1.82) is 0 Å². The number of carbonyl (C=O) groups excluding carboxylic acids is 1. The van der Waals surface area contributed by atoms with Crippen LogP contribution in [0.3, 0.4) is 0 Å². The Hall–Kier alpha value is -0.260. The molecule has 0 aliphatic carbocycles. The van der Waals surface area contributed by atoms with Crippen LogP contribution in [0, 0.1) is 0 Å². The third kappa shape index (κ3) is 1.89. The summed E-state index contributed by atoms with van der Waals surface area (Å²) in [4.78, 5) is 10.8. The molecule has 0 bridgehead atoms. The monoisotopic (exact) mass is 218 g/mol. The number of esters is 1. The molecular formula is C9H14O4S. The smallest absolute Gasteiger partial charge is 0.303 e. The van der Waals surface area contributed by atoms with E-state index in [4.69, 9.17) is 14.2 Å². The van der Waals surface area contributed by atoms with Crippen molar-refractivity contribution >= 4 is 17.7 Å². The summed E-state index contributed by atoms with van der Waals surface area (Å²) in [5.74, 6) is 0.0114. The van der Waals surface area contributed by atoms with Crippen LogP contribution in [0.1, 0.15) is 20.8 Å². The maximum Gasteiger partial charge on any atom is 0.303 e. The Bertz CT molecular complexity index is 253. The molecule has 14 heavy (non-hydrogen) atoms. The summed E-state index contributed by atoms with van der Waals surface area (Å²) in [6, 6.07) is 0. The fraction of sp³-hybridized carbons (Fsp3) is 0.889. The van der Waals surface area contributed by atoms with Gasteiger partial charge in [-0.05, 0) is 13.8 Å². The third-order valence-electron chi connectivity index (χ3n) is 2.20. The molecule has 0 radical (unpaired) electrons. The SMILES string of the molecule is CC(=O)O[C@@H]1SC[C@H]2OC(C)(C)O[C@@H]12. The van der Waals surface area contributed by atoms with E-state index in [1.165, 1.54) is 6.92 Å². The Morgan fingerprint density at radius 1 is 1.50 bits per heavy atom. The molecule has 0 amide bonds. The van der Waals surface area contributed by atoms with Gasteiger partial charge in [0.1, 0.15) is 12.2 Å². The highest BCUT2D eigenvalue weighted by Crippen LogP contribution is 2.41. The van der Waals surface area contributed by atoms with Gasteiger partial charge in [-0.1, -0.05) is 0 Å². The first-order valence-corrected chi connectivity index (χ1v) is 5.67. The Kier molecular flexibility index (Phi) is 2.49. The molecule has 0 spiro atoms. The van der Waals surface area contributed by atoms with Gasteiger partial charge in [-0.15, -0.1) is 11.8 Å². The molecule has 3 atom stereocenters. The van der Waals surface area contributed by atoms with Crippen molar-refractivity contribution in [2.45, 2.75) is 44.2 Å². The van der Waals surface area contributed by atoms with E-state index in [0.29, 0.717) is 0 Å². The molecule has 4 nitrogen and oxygen atoms in total. The van der Waals surface area contributed by atoms with Gasteiger partial charge in [-0.25, -0.2) is 0 Å². The predicted octanol–water partition coefficient (Wildman–Crippen LogP) is 1.14. The minimum atomic E-state index is -0.547. The normalized spacial score (nSPS) is 39.5. The molecule has 2 rings (SSSR count). The molecule has 5 heteroatoms. The molecule has 0 aromatic rings. The van der Waals surface area contributed by atoms with E-state index in [9.17, 15) is 4.79 Å². The minimum Gasteiger partial charge on any atom is -0.449 e. The van der Waals surface area contributed by atoms with E-state index in [2.05, 4.69) is 0 Å². The van der Waals surface area contributed by atoms with Gasteiger partial charge in [-0.2, -0.15) is 0 Å². The van der Waals surface area contributed by atoms with Gasteiger partial charge in [0.05, 0.1) is 0 Å². The number of ether oxygens (including phenoxy) is 3. The summed E-state index contributed by atoms with van der Waals surface area (Å²) in [7, 11) is 0. The van der Waals surface area contributed by atoms with Gasteiger partial charge in [-0.3, -0.25) is 4.79 Å². The van der Waals surface area contributed by atoms with E-state index in [0.717, 1.165) is 5.75 Å². The van der Waals surface area contributed by atoms with Crippen LogP contribution >= 0.6 is 11.8 Å². The van der Waals surface area contributed by atoms with E-state index >= 15 is 0 Å². The van der Waals surface area contributed by atoms with Crippen LogP contribution in [0.5, 0.6) is 0 Å². The lowest BCUT2D eigenvalue weighted by molar-refractivity contribution is -0.162. The summed E-state index contributed by atoms with van der Waals surface area (Å²) >= 11 is 1.57. The number of fused-ring (bicyclic) bond motifs is 1. The highest BCUT2D eigenvalue weighted by molar-refractivity contribution is 8.00. The van der Waals surface area contributed by atoms with Gasteiger partial charge in [0.2, 0.25) is 0 Å². The van der Waals surface area contributed by atoms with Crippen LogP contribution in [0.2, 0.25) is 0 Å². The van der Waals surface area contributed by atoms with Gasteiger partial charge in [0, 0.05) is 12.7 Å². The highest BCUT2D eigenvalue weighted by Gasteiger charge is 2.51. The van der Waals surface area contributed by atoms with E-state index in [-0.39, 0.29) is 23.6 Å². The Morgan fingerprint density at radius 2 is 2.21 bits per heavy atom. The van der Waals surface area contributed by atoms with E-state index < -0.39 is 5.79 Å². The van der Waals surface area contributed by atoms with Crippen LogP contribution in [-0.4, -0.2) is 35.2 Å². The summed E-state index contributed by atoms with van der Waals surface area (Å²) in [5.41, 5.74) is -0.209. The second-order valence-electron chi connectivity index (χ2n) is 3.95. The maximum absolute atomic E-state index is 10.8. The first-order valence-electron chi connectivity index (χ1n) is 4.62. The standard InChI is InChI=1S/C9H14O4S/c1-5(10)11-8-7-6(4-14-8)12-9(2,3)13-7/h6-8H,4H2,1-3H3/t6-,7-,8-/m1/s1. The van der Waals surface area contributed by atoms with Crippen molar-refractivity contribution in [3.63, 3.8) is 0 Å². The summed E-state index contributed by atoms with van der Waals surface area (Å²) in [5, 5.41) is 0. The van der Waals surface area contributed by atoms with Crippen molar-refractivity contribution in [1.82, 2.24) is 0 Å². The molecule has 2 fully saturated rings. The molecule has 2 saturated heterocycles. The Labute approximate surface area is 87.3 Å². The molecule has 2 aliphatic heterocycles. The fourth-order valence-electron chi connectivity index (χ4n) is 1.77. The van der Waals surface area contributed by atoms with Gasteiger partial charge < -0.3 is 14.2 Å². The number of carbonyl (C=O) groups is 1. The molecule has 80 valence electrons. The van der Waals surface area contributed by atoms with Gasteiger partial charge in [0.15, 0.2) is 11.2 Å². The zero-order valence-corrected chi connectivity index (χ0v) is 9.30. The second-order valence-corrected chi connectivity index (χ2v) is 5.08. The lowest BCUT2D eigenvalue weighted by atomic mass is 10.2. The first-order chi connectivity index (χ1) is 6.48. The maximum atomic E-state index is 10.8. The second kappa shape index (κ2) is 3.40. The van der Waals surface area contributed by atoms with Gasteiger partial charge in [0.25, 0.3) is 0 Å². The van der Waals surface area contributed by atoms with Crippen molar-refractivity contribution in [3.8, 4) is 0 Å². The van der Waals surface area contributed by atoms with Crippen LogP contribution in [0.4, 0.5) is 0 Å². The largest absolute Gasteiger partial charge is 0.449 e. The molecule has 0 aromatic heterocycles. The molecule has 0 unspecified atom stereocenters. The number of thioether (sulfide) groups is 1. The average Bonchev–Trinajstić information content (AvgIpc) is 2.47. The predicted molar refractivity (Wildman–Crippen MR) is 51.8 cm³/mol. The van der Waals surface area contributed by atoms with Crippen LogP contribution in [0.25, 0.3) is 0 Å². The molecule has 2 aliphatic rings. The number of hydrogen-bond donors (Lipinski definition) is 0. The lowest BCUT2D eigenvalue weighted by Gasteiger charge is -2.20. The lowest BCUT2D eigenvalue weighted by Crippen LogP contribution is -2.30. The zero-order valence-electron chi connectivity index (χ0n) is 8.48. The first kappa shape index (κ1) is 10.3. The van der Waals surface area contributed by atoms with Crippen molar-refractivity contribution in [2.24, 2.45) is 0 Å². The van der Waals surface area contributed by atoms with Crippen molar-refractivity contribution < 1.29 is 19.0 Å². The highest BCUT2D eigenvalue weighted by atomic mass is 32.2. The summed E-state index contributed by atoms with van der Waals surface area (Å²) in [6.07, 6.45) is -0.0572.